The third-order valence-electron chi connectivity index (χ3n) is 2.46. The molecule has 2 amide bonds. The zero-order chi connectivity index (χ0) is 15.2. The Morgan fingerprint density at radius 2 is 2.00 bits per heavy atom. The number of carbonyl (C=O) groups is 1. The van der Waals surface area contributed by atoms with Crippen LogP contribution in [0.1, 0.15) is 11.6 Å². The lowest BCUT2D eigenvalue weighted by molar-refractivity contribution is -0.154. The van der Waals surface area contributed by atoms with Gasteiger partial charge in [0, 0.05) is 6.54 Å². The van der Waals surface area contributed by atoms with E-state index in [1.165, 1.54) is 37.5 Å². The van der Waals surface area contributed by atoms with E-state index in [0.717, 1.165) is 0 Å². The van der Waals surface area contributed by atoms with E-state index >= 15 is 0 Å². The van der Waals surface area contributed by atoms with E-state index in [1.807, 2.05) is 5.32 Å². The summed E-state index contributed by atoms with van der Waals surface area (Å²) in [4.78, 5) is 11.4. The lowest BCUT2D eigenvalue weighted by Gasteiger charge is -2.22. The van der Waals surface area contributed by atoms with Crippen LogP contribution in [0.4, 0.5) is 18.0 Å². The normalized spacial score (nSPS) is 12.4. The summed E-state index contributed by atoms with van der Waals surface area (Å²) in [6, 6.07) is 2.31. The number of urea groups is 1. The van der Waals surface area contributed by atoms with Gasteiger partial charge in [0.25, 0.3) is 0 Å². The fraction of sp³-hybridized carbons (Fsp3) is 0.308. The first-order valence-electron chi connectivity index (χ1n) is 5.74. The molecule has 110 valence electrons. The van der Waals surface area contributed by atoms with Crippen molar-refractivity contribution < 1.29 is 22.7 Å². The molecule has 20 heavy (non-hydrogen) atoms. The Hall–Kier alpha value is -2.18. The lowest BCUT2D eigenvalue weighted by atomic mass is 10.1. The van der Waals surface area contributed by atoms with Crippen LogP contribution < -0.4 is 15.4 Å². The SMILES string of the molecule is C=CCNC(=O)N[C@@H](c1ccc(OC)cc1)C(F)(F)F. The fourth-order valence-corrected chi connectivity index (χ4v) is 1.50. The number of hydrogen-bond acceptors (Lipinski definition) is 2. The number of rotatable bonds is 5. The first-order valence-corrected chi connectivity index (χ1v) is 5.74. The van der Waals surface area contributed by atoms with Gasteiger partial charge in [-0.15, -0.1) is 6.58 Å². The van der Waals surface area contributed by atoms with E-state index in [4.69, 9.17) is 4.74 Å². The summed E-state index contributed by atoms with van der Waals surface area (Å²) in [5.41, 5.74) is -0.0768. The number of nitrogens with one attached hydrogen (secondary N) is 2. The number of hydrogen-bond donors (Lipinski definition) is 2. The maximum absolute atomic E-state index is 13.0. The second-order valence-corrected chi connectivity index (χ2v) is 3.89. The van der Waals surface area contributed by atoms with Gasteiger partial charge in [-0.3, -0.25) is 0 Å². The predicted molar refractivity (Wildman–Crippen MR) is 68.5 cm³/mol. The number of carbonyl (C=O) groups excluding carboxylic acids is 1. The minimum absolute atomic E-state index is 0.0768. The molecular weight excluding hydrogens is 273 g/mol. The van der Waals surface area contributed by atoms with Crippen LogP contribution in [0.5, 0.6) is 5.75 Å². The van der Waals surface area contributed by atoms with Gasteiger partial charge in [-0.25, -0.2) is 4.79 Å². The second-order valence-electron chi connectivity index (χ2n) is 3.89. The molecule has 0 unspecified atom stereocenters. The van der Waals surface area contributed by atoms with Crippen LogP contribution in [-0.4, -0.2) is 25.9 Å². The van der Waals surface area contributed by atoms with Crippen molar-refractivity contribution in [3.8, 4) is 5.75 Å². The highest BCUT2D eigenvalue weighted by molar-refractivity contribution is 5.74. The molecule has 0 aliphatic carbocycles. The molecule has 0 radical (unpaired) electrons. The van der Waals surface area contributed by atoms with Crippen LogP contribution in [0.15, 0.2) is 36.9 Å². The Morgan fingerprint density at radius 1 is 1.40 bits per heavy atom. The summed E-state index contributed by atoms with van der Waals surface area (Å²) in [6.07, 6.45) is -3.23. The van der Waals surface area contributed by atoms with Crippen LogP contribution in [0.3, 0.4) is 0 Å². The molecule has 7 heteroatoms. The van der Waals surface area contributed by atoms with E-state index in [-0.39, 0.29) is 12.1 Å². The molecule has 0 aromatic heterocycles. The minimum Gasteiger partial charge on any atom is -0.497 e. The van der Waals surface area contributed by atoms with E-state index < -0.39 is 18.2 Å². The van der Waals surface area contributed by atoms with Gasteiger partial charge < -0.3 is 15.4 Å². The highest BCUT2D eigenvalue weighted by Crippen LogP contribution is 2.33. The maximum Gasteiger partial charge on any atom is 0.412 e. The average molecular weight is 288 g/mol. The van der Waals surface area contributed by atoms with Gasteiger partial charge in [-0.05, 0) is 17.7 Å². The molecule has 0 aliphatic rings. The molecule has 2 N–H and O–H groups in total. The molecule has 0 saturated carbocycles. The van der Waals surface area contributed by atoms with Crippen molar-refractivity contribution >= 4 is 6.03 Å². The molecule has 0 aliphatic heterocycles. The standard InChI is InChI=1S/C13H15F3N2O2/c1-3-8-17-12(19)18-11(13(14,15)16)9-4-6-10(20-2)7-5-9/h3-7,11H,1,8H2,2H3,(H2,17,18,19)/t11-/m0/s1. The van der Waals surface area contributed by atoms with Crippen molar-refractivity contribution in [3.05, 3.63) is 42.5 Å². The van der Waals surface area contributed by atoms with Crippen molar-refractivity contribution in [2.45, 2.75) is 12.2 Å². The predicted octanol–water partition coefficient (Wildman–Crippen LogP) is 2.78. The second kappa shape index (κ2) is 6.83. The zero-order valence-corrected chi connectivity index (χ0v) is 10.8. The van der Waals surface area contributed by atoms with E-state index in [0.29, 0.717) is 5.75 Å². The minimum atomic E-state index is -4.60. The molecule has 1 aromatic rings. The summed E-state index contributed by atoms with van der Waals surface area (Å²) in [5.74, 6) is 0.436. The topological polar surface area (TPSA) is 50.4 Å². The van der Waals surface area contributed by atoms with Crippen LogP contribution in [0, 0.1) is 0 Å². The molecule has 1 aromatic carbocycles. The Kier molecular flexibility index (Phi) is 5.42. The van der Waals surface area contributed by atoms with Crippen molar-refractivity contribution in [2.24, 2.45) is 0 Å². The Bertz CT molecular complexity index is 458. The first-order chi connectivity index (χ1) is 9.38. The van der Waals surface area contributed by atoms with E-state index in [1.54, 1.807) is 0 Å². The van der Waals surface area contributed by atoms with Gasteiger partial charge in [0.15, 0.2) is 6.04 Å². The summed E-state index contributed by atoms with van der Waals surface area (Å²) < 4.78 is 43.8. The van der Waals surface area contributed by atoms with Crippen molar-refractivity contribution in [1.29, 1.82) is 0 Å². The van der Waals surface area contributed by atoms with Crippen LogP contribution >= 0.6 is 0 Å². The van der Waals surface area contributed by atoms with Gasteiger partial charge in [0.05, 0.1) is 7.11 Å². The molecule has 1 atom stereocenters. The van der Waals surface area contributed by atoms with Gasteiger partial charge >= 0.3 is 12.2 Å². The molecule has 0 bridgehead atoms. The molecule has 1 rings (SSSR count). The average Bonchev–Trinajstić information content (AvgIpc) is 2.41. The largest absolute Gasteiger partial charge is 0.497 e. The molecule has 0 spiro atoms. The van der Waals surface area contributed by atoms with Crippen LogP contribution in [0.2, 0.25) is 0 Å². The van der Waals surface area contributed by atoms with Crippen molar-refractivity contribution in [1.82, 2.24) is 10.6 Å². The molecular formula is C13H15F3N2O2. The lowest BCUT2D eigenvalue weighted by Crippen LogP contribution is -2.43. The quantitative estimate of drug-likeness (QED) is 0.819. The Balaban J connectivity index is 2.88. The summed E-state index contributed by atoms with van der Waals surface area (Å²) in [5, 5.41) is 4.12. The van der Waals surface area contributed by atoms with Crippen molar-refractivity contribution in [2.75, 3.05) is 13.7 Å². The van der Waals surface area contributed by atoms with Crippen LogP contribution in [-0.2, 0) is 0 Å². The zero-order valence-electron chi connectivity index (χ0n) is 10.8. The van der Waals surface area contributed by atoms with Gasteiger partial charge in [-0.2, -0.15) is 13.2 Å². The Morgan fingerprint density at radius 3 is 2.45 bits per heavy atom. The number of amides is 2. The highest BCUT2D eigenvalue weighted by atomic mass is 19.4. The number of methoxy groups -OCH3 is 1. The van der Waals surface area contributed by atoms with Crippen molar-refractivity contribution in [3.63, 3.8) is 0 Å². The number of benzene rings is 1. The number of ether oxygens (including phenoxy) is 1. The van der Waals surface area contributed by atoms with E-state index in [9.17, 15) is 18.0 Å². The smallest absolute Gasteiger partial charge is 0.412 e. The Labute approximate surface area is 114 Å². The van der Waals surface area contributed by atoms with E-state index in [2.05, 4.69) is 11.9 Å². The third kappa shape index (κ3) is 4.49. The molecule has 0 heterocycles. The molecule has 0 fully saturated rings. The van der Waals surface area contributed by atoms with Crippen LogP contribution in [0.25, 0.3) is 0 Å². The third-order valence-corrected chi connectivity index (χ3v) is 2.46. The molecule has 4 nitrogen and oxygen atoms in total. The maximum atomic E-state index is 13.0. The number of halogens is 3. The summed E-state index contributed by atoms with van der Waals surface area (Å²) in [6.45, 7) is 3.44. The monoisotopic (exact) mass is 288 g/mol. The van der Waals surface area contributed by atoms with Gasteiger partial charge in [0.1, 0.15) is 5.75 Å². The molecule has 0 saturated heterocycles. The first kappa shape index (κ1) is 15.9. The highest BCUT2D eigenvalue weighted by Gasteiger charge is 2.41. The summed E-state index contributed by atoms with van der Waals surface area (Å²) >= 11 is 0. The summed E-state index contributed by atoms with van der Waals surface area (Å²) in [7, 11) is 1.41. The van der Waals surface area contributed by atoms with Gasteiger partial charge in [-0.1, -0.05) is 18.2 Å². The fourth-order valence-electron chi connectivity index (χ4n) is 1.50. The van der Waals surface area contributed by atoms with Gasteiger partial charge in [0.2, 0.25) is 0 Å². The number of alkyl halides is 3.